The first-order valence-electron chi connectivity index (χ1n) is 6.64. The fraction of sp³-hybridized carbons (Fsp3) is 0.533. The fourth-order valence-electron chi connectivity index (χ4n) is 2.53. The molecule has 3 nitrogen and oxygen atoms in total. The number of hydrogen-bond acceptors (Lipinski definition) is 3. The van der Waals surface area contributed by atoms with Crippen LogP contribution in [0.4, 0.5) is 5.69 Å². The van der Waals surface area contributed by atoms with Gasteiger partial charge in [-0.1, -0.05) is 18.2 Å². The van der Waals surface area contributed by atoms with Crippen LogP contribution in [0.2, 0.25) is 0 Å². The Morgan fingerprint density at radius 3 is 2.72 bits per heavy atom. The van der Waals surface area contributed by atoms with Crippen molar-refractivity contribution in [1.29, 1.82) is 0 Å². The minimum Gasteiger partial charge on any atom is -0.380 e. The maximum atomic E-state index is 11.5. The van der Waals surface area contributed by atoms with Gasteiger partial charge in [0.2, 0.25) is 0 Å². The van der Waals surface area contributed by atoms with Gasteiger partial charge in [0.05, 0.1) is 12.0 Å². The average Bonchev–Trinajstić information content (AvgIpc) is 2.47. The van der Waals surface area contributed by atoms with Gasteiger partial charge in [-0.2, -0.15) is 0 Å². The Kier molecular flexibility index (Phi) is 4.37. The number of para-hydroxylation sites is 1. The lowest BCUT2D eigenvalue weighted by Gasteiger charge is -2.37. The molecular weight excluding hydrogens is 226 g/mol. The van der Waals surface area contributed by atoms with Crippen LogP contribution in [0, 0.1) is 5.41 Å². The molecule has 0 saturated carbocycles. The largest absolute Gasteiger partial charge is 0.380 e. The highest BCUT2D eigenvalue weighted by molar-refractivity contribution is 5.62. The molecule has 1 aromatic carbocycles. The first kappa shape index (κ1) is 13.1. The summed E-state index contributed by atoms with van der Waals surface area (Å²) in [5.74, 6) is 0. The predicted octanol–water partition coefficient (Wildman–Crippen LogP) is 2.51. The molecule has 1 aliphatic heterocycles. The second-order valence-corrected chi connectivity index (χ2v) is 4.99. The number of aldehydes is 1. The van der Waals surface area contributed by atoms with Crippen molar-refractivity contribution in [3.05, 3.63) is 30.3 Å². The monoisotopic (exact) mass is 247 g/mol. The third-order valence-corrected chi connectivity index (χ3v) is 3.61. The third kappa shape index (κ3) is 2.91. The Labute approximate surface area is 109 Å². The van der Waals surface area contributed by atoms with Crippen molar-refractivity contribution >= 4 is 12.0 Å². The van der Waals surface area contributed by atoms with E-state index in [2.05, 4.69) is 24.0 Å². The summed E-state index contributed by atoms with van der Waals surface area (Å²) >= 11 is 0. The molecule has 1 unspecified atom stereocenters. The van der Waals surface area contributed by atoms with E-state index >= 15 is 0 Å². The van der Waals surface area contributed by atoms with Gasteiger partial charge in [0, 0.05) is 25.4 Å². The normalized spacial score (nSPS) is 23.6. The molecule has 1 aromatic rings. The molecule has 98 valence electrons. The molecule has 0 radical (unpaired) electrons. The summed E-state index contributed by atoms with van der Waals surface area (Å²) in [5.41, 5.74) is 0.844. The number of benzene rings is 1. The van der Waals surface area contributed by atoms with Crippen LogP contribution in [0.15, 0.2) is 30.3 Å². The molecule has 0 aromatic heterocycles. The van der Waals surface area contributed by atoms with Crippen molar-refractivity contribution in [1.82, 2.24) is 0 Å². The smallest absolute Gasteiger partial charge is 0.130 e. The zero-order valence-corrected chi connectivity index (χ0v) is 11.0. The number of nitrogens with zero attached hydrogens (tertiary/aromatic N) is 1. The molecule has 0 N–H and O–H groups in total. The van der Waals surface area contributed by atoms with Crippen molar-refractivity contribution in [3.8, 4) is 0 Å². The first-order valence-corrected chi connectivity index (χ1v) is 6.64. The Balaban J connectivity index is 2.11. The van der Waals surface area contributed by atoms with Gasteiger partial charge in [-0.3, -0.25) is 0 Å². The van der Waals surface area contributed by atoms with Crippen LogP contribution >= 0.6 is 0 Å². The van der Waals surface area contributed by atoms with Gasteiger partial charge in [0.1, 0.15) is 6.29 Å². The number of carbonyl (C=O) groups is 1. The summed E-state index contributed by atoms with van der Waals surface area (Å²) < 4.78 is 5.50. The highest BCUT2D eigenvalue weighted by Crippen LogP contribution is 2.29. The molecule has 2 rings (SSSR count). The number of ether oxygens (including phenoxy) is 1. The zero-order valence-electron chi connectivity index (χ0n) is 11.0. The van der Waals surface area contributed by atoms with Crippen molar-refractivity contribution in [2.24, 2.45) is 5.41 Å². The number of rotatable bonds is 5. The number of hydrogen-bond donors (Lipinski definition) is 0. The molecule has 1 aliphatic rings. The van der Waals surface area contributed by atoms with Gasteiger partial charge in [0.15, 0.2) is 0 Å². The van der Waals surface area contributed by atoms with Gasteiger partial charge >= 0.3 is 0 Å². The lowest BCUT2D eigenvalue weighted by molar-refractivity contribution is -0.122. The van der Waals surface area contributed by atoms with Gasteiger partial charge in [0.25, 0.3) is 0 Å². The van der Waals surface area contributed by atoms with Gasteiger partial charge in [-0.25, -0.2) is 0 Å². The highest BCUT2D eigenvalue weighted by atomic mass is 16.5. The Morgan fingerprint density at radius 1 is 1.39 bits per heavy atom. The summed E-state index contributed by atoms with van der Waals surface area (Å²) in [7, 11) is 0. The van der Waals surface area contributed by atoms with Crippen LogP contribution < -0.4 is 4.90 Å². The summed E-state index contributed by atoms with van der Waals surface area (Å²) in [5, 5.41) is 0. The second kappa shape index (κ2) is 6.01. The Hall–Kier alpha value is -1.35. The molecule has 1 atom stereocenters. The van der Waals surface area contributed by atoms with E-state index in [9.17, 15) is 4.79 Å². The second-order valence-electron chi connectivity index (χ2n) is 4.99. The molecule has 0 spiro atoms. The Morgan fingerprint density at radius 2 is 2.17 bits per heavy atom. The maximum Gasteiger partial charge on any atom is 0.130 e. The average molecular weight is 247 g/mol. The maximum absolute atomic E-state index is 11.5. The minimum absolute atomic E-state index is 0.329. The van der Waals surface area contributed by atoms with E-state index in [1.807, 2.05) is 18.2 Å². The number of anilines is 1. The Bertz CT molecular complexity index is 371. The minimum atomic E-state index is -0.329. The van der Waals surface area contributed by atoms with E-state index in [4.69, 9.17) is 4.74 Å². The van der Waals surface area contributed by atoms with Crippen LogP contribution in [0.3, 0.4) is 0 Å². The SMILES string of the molecule is CCN(CC1(C=O)CCCOC1)c1ccccc1. The van der Waals surface area contributed by atoms with E-state index < -0.39 is 0 Å². The fourth-order valence-corrected chi connectivity index (χ4v) is 2.53. The number of carbonyl (C=O) groups excluding carboxylic acids is 1. The van der Waals surface area contributed by atoms with Crippen LogP contribution in [-0.2, 0) is 9.53 Å². The van der Waals surface area contributed by atoms with E-state index in [0.29, 0.717) is 6.61 Å². The molecule has 0 aliphatic carbocycles. The van der Waals surface area contributed by atoms with Gasteiger partial charge in [-0.05, 0) is 31.9 Å². The zero-order chi connectivity index (χ0) is 12.8. The van der Waals surface area contributed by atoms with Crippen LogP contribution in [-0.4, -0.2) is 32.6 Å². The van der Waals surface area contributed by atoms with Crippen molar-refractivity contribution in [2.45, 2.75) is 19.8 Å². The third-order valence-electron chi connectivity index (χ3n) is 3.61. The van der Waals surface area contributed by atoms with Crippen LogP contribution in [0.1, 0.15) is 19.8 Å². The summed E-state index contributed by atoms with van der Waals surface area (Å²) in [6.45, 7) is 5.11. The highest BCUT2D eigenvalue weighted by Gasteiger charge is 2.34. The van der Waals surface area contributed by atoms with Crippen molar-refractivity contribution < 1.29 is 9.53 Å². The lowest BCUT2D eigenvalue weighted by Crippen LogP contribution is -2.44. The predicted molar refractivity (Wildman–Crippen MR) is 72.9 cm³/mol. The lowest BCUT2D eigenvalue weighted by atomic mass is 9.83. The molecule has 0 bridgehead atoms. The molecule has 0 amide bonds. The van der Waals surface area contributed by atoms with E-state index in [1.165, 1.54) is 5.69 Å². The van der Waals surface area contributed by atoms with E-state index in [1.54, 1.807) is 0 Å². The summed E-state index contributed by atoms with van der Waals surface area (Å²) in [6.07, 6.45) is 3.00. The van der Waals surface area contributed by atoms with Crippen molar-refractivity contribution in [3.63, 3.8) is 0 Å². The molecular formula is C15H21NO2. The van der Waals surface area contributed by atoms with Crippen LogP contribution in [0.5, 0.6) is 0 Å². The van der Waals surface area contributed by atoms with E-state index in [0.717, 1.165) is 38.8 Å². The standard InChI is InChI=1S/C15H21NO2/c1-2-16(14-7-4-3-5-8-14)11-15(12-17)9-6-10-18-13-15/h3-5,7-8,12H,2,6,9-11,13H2,1H3. The summed E-state index contributed by atoms with van der Waals surface area (Å²) in [6, 6.07) is 10.2. The van der Waals surface area contributed by atoms with Gasteiger partial charge < -0.3 is 14.4 Å². The van der Waals surface area contributed by atoms with Gasteiger partial charge in [-0.15, -0.1) is 0 Å². The van der Waals surface area contributed by atoms with Crippen LogP contribution in [0.25, 0.3) is 0 Å². The molecule has 1 fully saturated rings. The van der Waals surface area contributed by atoms with E-state index in [-0.39, 0.29) is 5.41 Å². The quantitative estimate of drug-likeness (QED) is 0.749. The summed E-state index contributed by atoms with van der Waals surface area (Å²) in [4.78, 5) is 13.7. The molecule has 1 saturated heterocycles. The molecule has 3 heteroatoms. The first-order chi connectivity index (χ1) is 8.79. The van der Waals surface area contributed by atoms with Crippen molar-refractivity contribution in [2.75, 3.05) is 31.2 Å². The topological polar surface area (TPSA) is 29.5 Å². The molecule has 18 heavy (non-hydrogen) atoms. The molecule has 1 heterocycles.